The van der Waals surface area contributed by atoms with E-state index in [1.807, 2.05) is 31.2 Å². The molecule has 1 aliphatic heterocycles. The highest BCUT2D eigenvalue weighted by atomic mass is 32.1. The standard InChI is InChI=1S/C24H31N3O6S/c1-15-22(34-13-25-15)17-8-6-16(7-9-17)19(11-21(30)32-5)27(14-28)20-10-18(29)12-26(20)23(31)33-24(2,3)4/h6-9,13-14,18-20,29H,10-12H2,1-5H3/t18-,19+,20-/m1/s1. The molecule has 0 saturated carbocycles. The van der Waals surface area contributed by atoms with Gasteiger partial charge in [0.15, 0.2) is 0 Å². The van der Waals surface area contributed by atoms with E-state index in [1.54, 1.807) is 26.3 Å². The molecular weight excluding hydrogens is 458 g/mol. The van der Waals surface area contributed by atoms with Crippen molar-refractivity contribution in [2.75, 3.05) is 13.7 Å². The molecule has 0 unspecified atom stereocenters. The van der Waals surface area contributed by atoms with Crippen LogP contribution in [0.3, 0.4) is 0 Å². The van der Waals surface area contributed by atoms with Crippen LogP contribution in [0.15, 0.2) is 29.8 Å². The maximum absolute atomic E-state index is 12.8. The number of β-amino-alcohol motifs (C(OH)–C–C–N with tert-alkyl or cyclic N) is 1. The molecule has 3 rings (SSSR count). The molecular formula is C24H31N3O6S. The van der Waals surface area contributed by atoms with E-state index in [-0.39, 0.29) is 19.4 Å². The van der Waals surface area contributed by atoms with E-state index >= 15 is 0 Å². The van der Waals surface area contributed by atoms with Gasteiger partial charge in [0.1, 0.15) is 11.8 Å². The zero-order chi connectivity index (χ0) is 25.0. The van der Waals surface area contributed by atoms with Crippen LogP contribution in [-0.4, -0.2) is 69.9 Å². The average molecular weight is 490 g/mol. The number of methoxy groups -OCH3 is 1. The van der Waals surface area contributed by atoms with Crippen LogP contribution >= 0.6 is 11.3 Å². The topological polar surface area (TPSA) is 109 Å². The van der Waals surface area contributed by atoms with Crippen molar-refractivity contribution in [3.63, 3.8) is 0 Å². The van der Waals surface area contributed by atoms with Gasteiger partial charge in [0.05, 0.1) is 48.3 Å². The molecule has 3 atom stereocenters. The zero-order valence-corrected chi connectivity index (χ0v) is 20.9. The lowest BCUT2D eigenvalue weighted by Crippen LogP contribution is -2.49. The SMILES string of the molecule is COC(=O)C[C@@H](c1ccc(-c2scnc2C)cc1)N(C=O)[C@@H]1C[C@@H](O)CN1C(=O)OC(C)(C)C. The Morgan fingerprint density at radius 3 is 2.53 bits per heavy atom. The maximum Gasteiger partial charge on any atom is 0.412 e. The van der Waals surface area contributed by atoms with Gasteiger partial charge in [-0.15, -0.1) is 11.3 Å². The summed E-state index contributed by atoms with van der Waals surface area (Å²) < 4.78 is 10.4. The number of ether oxygens (including phenoxy) is 2. The van der Waals surface area contributed by atoms with Gasteiger partial charge in [-0.05, 0) is 38.8 Å². The number of carbonyl (C=O) groups excluding carboxylic acids is 3. The van der Waals surface area contributed by atoms with Crippen molar-refractivity contribution in [1.29, 1.82) is 0 Å². The first kappa shape index (κ1) is 25.6. The fourth-order valence-corrected chi connectivity index (χ4v) is 4.83. The summed E-state index contributed by atoms with van der Waals surface area (Å²) in [5.41, 5.74) is 3.64. The third-order valence-electron chi connectivity index (χ3n) is 5.59. The van der Waals surface area contributed by atoms with Gasteiger partial charge in [-0.25, -0.2) is 9.78 Å². The lowest BCUT2D eigenvalue weighted by molar-refractivity contribution is -0.143. The van der Waals surface area contributed by atoms with Gasteiger partial charge in [-0.1, -0.05) is 24.3 Å². The molecule has 1 aliphatic rings. The number of thiazole rings is 1. The molecule has 1 N–H and O–H groups in total. The van der Waals surface area contributed by atoms with Gasteiger partial charge in [0, 0.05) is 6.42 Å². The quantitative estimate of drug-likeness (QED) is 0.468. The van der Waals surface area contributed by atoms with E-state index in [4.69, 9.17) is 9.47 Å². The number of aryl methyl sites for hydroxylation is 1. The number of esters is 1. The minimum atomic E-state index is -0.824. The Hall–Kier alpha value is -2.98. The molecule has 1 aromatic carbocycles. The molecule has 2 aromatic rings. The summed E-state index contributed by atoms with van der Waals surface area (Å²) in [5.74, 6) is -0.499. The van der Waals surface area contributed by atoms with Crippen LogP contribution in [0.1, 0.15) is 50.9 Å². The lowest BCUT2D eigenvalue weighted by atomic mass is 9.99. The number of carbonyl (C=O) groups is 3. The third kappa shape index (κ3) is 5.92. The number of benzene rings is 1. The van der Waals surface area contributed by atoms with Gasteiger partial charge >= 0.3 is 12.1 Å². The molecule has 2 amide bonds. The molecule has 10 heteroatoms. The molecule has 1 saturated heterocycles. The number of hydrogen-bond donors (Lipinski definition) is 1. The second-order valence-corrected chi connectivity index (χ2v) is 10.1. The Morgan fingerprint density at radius 1 is 1.32 bits per heavy atom. The first-order chi connectivity index (χ1) is 16.0. The Bertz CT molecular complexity index is 1020. The molecule has 184 valence electrons. The van der Waals surface area contributed by atoms with Crippen LogP contribution in [0, 0.1) is 6.92 Å². The summed E-state index contributed by atoms with van der Waals surface area (Å²) in [7, 11) is 1.28. The van der Waals surface area contributed by atoms with E-state index in [9.17, 15) is 19.5 Å². The van der Waals surface area contributed by atoms with E-state index in [2.05, 4.69) is 4.98 Å². The van der Waals surface area contributed by atoms with E-state index in [0.29, 0.717) is 12.0 Å². The van der Waals surface area contributed by atoms with Crippen molar-refractivity contribution in [2.45, 2.75) is 64.4 Å². The summed E-state index contributed by atoms with van der Waals surface area (Å²) in [6.07, 6.45) is -1.59. The van der Waals surface area contributed by atoms with Crippen LogP contribution in [0.2, 0.25) is 0 Å². The van der Waals surface area contributed by atoms with E-state index < -0.39 is 36.0 Å². The second-order valence-electron chi connectivity index (χ2n) is 9.24. The Labute approximate surface area is 203 Å². The van der Waals surface area contributed by atoms with Gasteiger partial charge < -0.3 is 19.5 Å². The summed E-state index contributed by atoms with van der Waals surface area (Å²) >= 11 is 1.53. The molecule has 1 aromatic heterocycles. The fourth-order valence-electron chi connectivity index (χ4n) is 4.02. The van der Waals surface area contributed by atoms with Crippen LogP contribution in [0.25, 0.3) is 10.4 Å². The molecule has 2 heterocycles. The number of aromatic nitrogens is 1. The van der Waals surface area contributed by atoms with Crippen molar-refractivity contribution < 1.29 is 29.0 Å². The smallest absolute Gasteiger partial charge is 0.412 e. The Kier molecular flexibility index (Phi) is 7.93. The summed E-state index contributed by atoms with van der Waals surface area (Å²) in [5, 5.41) is 10.3. The van der Waals surface area contributed by atoms with Crippen molar-refractivity contribution in [3.8, 4) is 10.4 Å². The number of aliphatic hydroxyl groups is 1. The third-order valence-corrected chi connectivity index (χ3v) is 6.57. The molecule has 0 bridgehead atoms. The molecule has 0 aliphatic carbocycles. The largest absolute Gasteiger partial charge is 0.469 e. The highest BCUT2D eigenvalue weighted by Crippen LogP contribution is 2.34. The first-order valence-corrected chi connectivity index (χ1v) is 11.9. The number of hydrogen-bond acceptors (Lipinski definition) is 8. The molecule has 34 heavy (non-hydrogen) atoms. The van der Waals surface area contributed by atoms with Crippen molar-refractivity contribution in [2.24, 2.45) is 0 Å². The van der Waals surface area contributed by atoms with Crippen LogP contribution < -0.4 is 0 Å². The maximum atomic E-state index is 12.8. The van der Waals surface area contributed by atoms with Gasteiger partial charge in [0.25, 0.3) is 0 Å². The Balaban J connectivity index is 1.94. The van der Waals surface area contributed by atoms with E-state index in [0.717, 1.165) is 16.1 Å². The van der Waals surface area contributed by atoms with Gasteiger partial charge in [-0.2, -0.15) is 0 Å². The molecule has 9 nitrogen and oxygen atoms in total. The van der Waals surface area contributed by atoms with Crippen LogP contribution in [0.4, 0.5) is 4.79 Å². The van der Waals surface area contributed by atoms with Gasteiger partial charge in [-0.3, -0.25) is 14.5 Å². The monoisotopic (exact) mass is 489 g/mol. The van der Waals surface area contributed by atoms with Crippen molar-refractivity contribution >= 4 is 29.8 Å². The number of aliphatic hydroxyl groups excluding tert-OH is 1. The number of nitrogens with zero attached hydrogens (tertiary/aromatic N) is 3. The summed E-state index contributed by atoms with van der Waals surface area (Å²) in [6, 6.07) is 6.82. The number of rotatable bonds is 7. The first-order valence-electron chi connectivity index (χ1n) is 11.0. The summed E-state index contributed by atoms with van der Waals surface area (Å²) in [4.78, 5) is 45.5. The second kappa shape index (κ2) is 10.5. The van der Waals surface area contributed by atoms with E-state index in [1.165, 1.54) is 28.2 Å². The van der Waals surface area contributed by atoms with Crippen molar-refractivity contribution in [1.82, 2.24) is 14.8 Å². The normalized spacial score (nSPS) is 18.9. The average Bonchev–Trinajstić information content (AvgIpc) is 3.38. The fraction of sp³-hybridized carbons (Fsp3) is 0.500. The van der Waals surface area contributed by atoms with Crippen LogP contribution in [-0.2, 0) is 19.1 Å². The number of likely N-dealkylation sites (tertiary alicyclic amines) is 1. The molecule has 1 fully saturated rings. The van der Waals surface area contributed by atoms with Gasteiger partial charge in [0.2, 0.25) is 6.41 Å². The minimum absolute atomic E-state index is 0.0262. The Morgan fingerprint density at radius 2 is 2.00 bits per heavy atom. The molecule has 0 spiro atoms. The highest BCUT2D eigenvalue weighted by molar-refractivity contribution is 7.13. The predicted octanol–water partition coefficient (Wildman–Crippen LogP) is 3.51. The lowest BCUT2D eigenvalue weighted by Gasteiger charge is -2.38. The minimum Gasteiger partial charge on any atom is -0.469 e. The zero-order valence-electron chi connectivity index (χ0n) is 20.1. The summed E-state index contributed by atoms with van der Waals surface area (Å²) in [6.45, 7) is 7.20. The highest BCUT2D eigenvalue weighted by Gasteiger charge is 2.42. The van der Waals surface area contributed by atoms with Crippen molar-refractivity contribution in [3.05, 3.63) is 41.0 Å². The predicted molar refractivity (Wildman–Crippen MR) is 127 cm³/mol. The molecule has 0 radical (unpaired) electrons. The van der Waals surface area contributed by atoms with Crippen LogP contribution in [0.5, 0.6) is 0 Å². The number of amides is 2.